The average Bonchev–Trinajstić information content (AvgIpc) is 3.14. The van der Waals surface area contributed by atoms with Crippen molar-refractivity contribution >= 4 is 21.8 Å². The predicted molar refractivity (Wildman–Crippen MR) is 101 cm³/mol. The van der Waals surface area contributed by atoms with E-state index >= 15 is 0 Å². The Labute approximate surface area is 157 Å². The number of carbonyl (C=O) groups is 1. The molecule has 0 saturated carbocycles. The summed E-state index contributed by atoms with van der Waals surface area (Å²) in [5.41, 5.74) is 0.309. The smallest absolute Gasteiger partial charge is 0.259 e. The second-order valence-electron chi connectivity index (χ2n) is 5.81. The zero-order chi connectivity index (χ0) is 18.4. The average molecular weight is 413 g/mol. The zero-order valence-corrected chi connectivity index (χ0v) is 16.4. The van der Waals surface area contributed by atoms with Crippen LogP contribution in [0.15, 0.2) is 23.2 Å². The van der Waals surface area contributed by atoms with Crippen LogP contribution in [0.1, 0.15) is 29.6 Å². The van der Waals surface area contributed by atoms with E-state index in [0.717, 1.165) is 19.4 Å². The molecule has 2 rings (SSSR count). The fourth-order valence-corrected chi connectivity index (χ4v) is 3.72. The summed E-state index contributed by atoms with van der Waals surface area (Å²) < 4.78 is 16.8. The Morgan fingerprint density at radius 1 is 1.40 bits per heavy atom. The largest absolute Gasteiger partial charge is 0.495 e. The van der Waals surface area contributed by atoms with E-state index in [1.54, 1.807) is 6.07 Å². The molecule has 1 heterocycles. The number of ether oxygens (including phenoxy) is 3. The number of benzene rings is 1. The van der Waals surface area contributed by atoms with Gasteiger partial charge < -0.3 is 24.8 Å². The van der Waals surface area contributed by atoms with Crippen molar-refractivity contribution in [2.75, 3.05) is 27.9 Å². The maximum atomic E-state index is 13.1. The molecule has 1 aliphatic rings. The van der Waals surface area contributed by atoms with Crippen LogP contribution in [0, 0.1) is 0 Å². The van der Waals surface area contributed by atoms with E-state index in [9.17, 15) is 4.79 Å². The molecule has 1 aromatic rings. The van der Waals surface area contributed by atoms with E-state index in [0.29, 0.717) is 33.7 Å². The van der Waals surface area contributed by atoms with Crippen LogP contribution < -0.4 is 24.8 Å². The summed E-state index contributed by atoms with van der Waals surface area (Å²) >= 11 is 3.42. The molecule has 1 aliphatic heterocycles. The normalized spacial score (nSPS) is 17.7. The number of carbonyl (C=O) groups excluding carboxylic acids is 1. The Morgan fingerprint density at radius 3 is 2.64 bits per heavy atom. The lowest BCUT2D eigenvalue weighted by Gasteiger charge is -2.25. The molecule has 2 atom stereocenters. The summed E-state index contributed by atoms with van der Waals surface area (Å²) in [5.74, 6) is 0.942. The van der Waals surface area contributed by atoms with Crippen LogP contribution in [0.3, 0.4) is 0 Å². The van der Waals surface area contributed by atoms with Gasteiger partial charge in [0, 0.05) is 18.2 Å². The van der Waals surface area contributed by atoms with E-state index in [-0.39, 0.29) is 18.0 Å². The van der Waals surface area contributed by atoms with Crippen LogP contribution in [0.5, 0.6) is 17.2 Å². The third-order valence-corrected chi connectivity index (χ3v) is 4.92. The highest BCUT2D eigenvalue weighted by Gasteiger charge is 2.30. The van der Waals surface area contributed by atoms with Gasteiger partial charge in [0.1, 0.15) is 11.3 Å². The van der Waals surface area contributed by atoms with E-state index in [2.05, 4.69) is 33.1 Å². The first kappa shape index (κ1) is 19.6. The predicted octanol–water partition coefficient (Wildman–Crippen LogP) is 2.90. The second kappa shape index (κ2) is 9.10. The number of rotatable bonds is 8. The molecule has 0 aromatic heterocycles. The SMILES string of the molecule is C=CCC(NC(=O)c1c(OC)c(Br)cc(OC)c1OC)C1CCCN1. The lowest BCUT2D eigenvalue weighted by molar-refractivity contribution is 0.0922. The third kappa shape index (κ3) is 4.27. The van der Waals surface area contributed by atoms with E-state index in [1.807, 2.05) is 6.08 Å². The molecule has 25 heavy (non-hydrogen) atoms. The quantitative estimate of drug-likeness (QED) is 0.642. The Balaban J connectivity index is 2.38. The highest BCUT2D eigenvalue weighted by Crippen LogP contribution is 2.42. The van der Waals surface area contributed by atoms with Crippen LogP contribution in [0.2, 0.25) is 0 Å². The van der Waals surface area contributed by atoms with Gasteiger partial charge in [-0.2, -0.15) is 0 Å². The van der Waals surface area contributed by atoms with Crippen LogP contribution in [-0.4, -0.2) is 45.9 Å². The second-order valence-corrected chi connectivity index (χ2v) is 6.66. The van der Waals surface area contributed by atoms with Gasteiger partial charge in [-0.3, -0.25) is 4.79 Å². The van der Waals surface area contributed by atoms with Crippen LogP contribution in [-0.2, 0) is 0 Å². The molecule has 6 nitrogen and oxygen atoms in total. The van der Waals surface area contributed by atoms with Crippen LogP contribution >= 0.6 is 15.9 Å². The first-order valence-electron chi connectivity index (χ1n) is 8.20. The van der Waals surface area contributed by atoms with Crippen molar-refractivity contribution in [3.05, 3.63) is 28.8 Å². The fraction of sp³-hybridized carbons (Fsp3) is 0.500. The molecular formula is C18H25BrN2O4. The zero-order valence-electron chi connectivity index (χ0n) is 14.9. The minimum Gasteiger partial charge on any atom is -0.495 e. The lowest BCUT2D eigenvalue weighted by atomic mass is 10.0. The summed E-state index contributed by atoms with van der Waals surface area (Å²) in [4.78, 5) is 13.1. The van der Waals surface area contributed by atoms with E-state index in [4.69, 9.17) is 14.2 Å². The Bertz CT molecular complexity index is 630. The molecule has 0 spiro atoms. The van der Waals surface area contributed by atoms with Gasteiger partial charge in [0.15, 0.2) is 11.5 Å². The Kier molecular flexibility index (Phi) is 7.13. The summed E-state index contributed by atoms with van der Waals surface area (Å²) in [7, 11) is 4.55. The standard InChI is InChI=1S/C18H25BrN2O4/c1-5-7-13(12-8-6-9-20-12)21-18(22)15-16(24-3)11(19)10-14(23-2)17(15)25-4/h5,10,12-13,20H,1,6-9H2,2-4H3,(H,21,22). The van der Waals surface area contributed by atoms with Crippen LogP contribution in [0.25, 0.3) is 0 Å². The first-order valence-corrected chi connectivity index (χ1v) is 9.00. The molecule has 1 saturated heterocycles. The molecular weight excluding hydrogens is 388 g/mol. The minimum absolute atomic E-state index is 0.0492. The summed E-state index contributed by atoms with van der Waals surface area (Å²) in [6.45, 7) is 4.77. The van der Waals surface area contributed by atoms with Gasteiger partial charge in [-0.25, -0.2) is 0 Å². The number of hydrogen-bond donors (Lipinski definition) is 2. The molecule has 1 aromatic carbocycles. The molecule has 0 radical (unpaired) electrons. The van der Waals surface area contributed by atoms with Crippen molar-refractivity contribution < 1.29 is 19.0 Å². The lowest BCUT2D eigenvalue weighted by Crippen LogP contribution is -2.47. The number of amides is 1. The van der Waals surface area contributed by atoms with Crippen LogP contribution in [0.4, 0.5) is 0 Å². The van der Waals surface area contributed by atoms with Gasteiger partial charge in [0.2, 0.25) is 0 Å². The monoisotopic (exact) mass is 412 g/mol. The molecule has 1 amide bonds. The maximum absolute atomic E-state index is 13.1. The molecule has 0 bridgehead atoms. The summed E-state index contributed by atoms with van der Waals surface area (Å²) in [6, 6.07) is 1.90. The molecule has 2 unspecified atom stereocenters. The van der Waals surface area contributed by atoms with Gasteiger partial charge in [-0.15, -0.1) is 6.58 Å². The number of hydrogen-bond acceptors (Lipinski definition) is 5. The number of halogens is 1. The molecule has 1 fully saturated rings. The highest BCUT2D eigenvalue weighted by atomic mass is 79.9. The van der Waals surface area contributed by atoms with Gasteiger partial charge in [0.25, 0.3) is 5.91 Å². The third-order valence-electron chi connectivity index (χ3n) is 4.33. The van der Waals surface area contributed by atoms with Crippen molar-refractivity contribution in [3.8, 4) is 17.2 Å². The minimum atomic E-state index is -0.270. The molecule has 138 valence electrons. The van der Waals surface area contributed by atoms with Gasteiger partial charge in [0.05, 0.1) is 25.8 Å². The molecule has 2 N–H and O–H groups in total. The maximum Gasteiger partial charge on any atom is 0.259 e. The first-order chi connectivity index (χ1) is 12.1. The Hall–Kier alpha value is -1.73. The van der Waals surface area contributed by atoms with Crippen molar-refractivity contribution in [1.29, 1.82) is 0 Å². The van der Waals surface area contributed by atoms with E-state index in [1.165, 1.54) is 21.3 Å². The van der Waals surface area contributed by atoms with Gasteiger partial charge in [-0.05, 0) is 41.7 Å². The summed E-state index contributed by atoms with van der Waals surface area (Å²) in [5, 5.41) is 6.53. The van der Waals surface area contributed by atoms with Gasteiger partial charge in [-0.1, -0.05) is 6.08 Å². The number of nitrogens with one attached hydrogen (secondary N) is 2. The topological polar surface area (TPSA) is 68.8 Å². The van der Waals surface area contributed by atoms with Crippen molar-refractivity contribution in [2.45, 2.75) is 31.3 Å². The Morgan fingerprint density at radius 2 is 2.12 bits per heavy atom. The van der Waals surface area contributed by atoms with Crippen molar-refractivity contribution in [2.24, 2.45) is 0 Å². The van der Waals surface area contributed by atoms with Crippen molar-refractivity contribution in [3.63, 3.8) is 0 Å². The highest BCUT2D eigenvalue weighted by molar-refractivity contribution is 9.10. The van der Waals surface area contributed by atoms with Crippen molar-refractivity contribution in [1.82, 2.24) is 10.6 Å². The summed E-state index contributed by atoms with van der Waals surface area (Å²) in [6.07, 6.45) is 4.63. The molecule has 7 heteroatoms. The molecule has 0 aliphatic carbocycles. The van der Waals surface area contributed by atoms with Gasteiger partial charge >= 0.3 is 0 Å². The van der Waals surface area contributed by atoms with E-state index < -0.39 is 0 Å². The number of methoxy groups -OCH3 is 3. The fourth-order valence-electron chi connectivity index (χ4n) is 3.15.